The maximum Gasteiger partial charge on any atom is 0.142 e. The number of halogens is 3. The van der Waals surface area contributed by atoms with Crippen LogP contribution in [-0.2, 0) is 6.42 Å². The Morgan fingerprint density at radius 2 is 2.05 bits per heavy atom. The Balaban J connectivity index is 2.23. The molecule has 1 N–H and O–H groups in total. The Bertz CT molecular complexity index is 587. The number of nitrogens with zero attached hydrogens (tertiary/aromatic N) is 1. The molecule has 0 saturated heterocycles. The van der Waals surface area contributed by atoms with E-state index in [0.717, 1.165) is 24.2 Å². The second kappa shape index (κ2) is 7.74. The first-order valence-electron chi connectivity index (χ1n) is 6.89. The summed E-state index contributed by atoms with van der Waals surface area (Å²) in [7, 11) is 0. The average molecular weight is 327 g/mol. The van der Waals surface area contributed by atoms with Gasteiger partial charge in [0, 0.05) is 6.20 Å². The molecule has 1 aromatic heterocycles. The van der Waals surface area contributed by atoms with Crippen LogP contribution >= 0.6 is 23.2 Å². The fourth-order valence-electron chi connectivity index (χ4n) is 2.12. The number of benzene rings is 1. The Morgan fingerprint density at radius 1 is 1.24 bits per heavy atom. The van der Waals surface area contributed by atoms with Crippen molar-refractivity contribution >= 4 is 23.2 Å². The number of hydrogen-bond acceptors (Lipinski definition) is 2. The zero-order valence-electron chi connectivity index (χ0n) is 11.7. The van der Waals surface area contributed by atoms with Crippen molar-refractivity contribution in [2.24, 2.45) is 0 Å². The van der Waals surface area contributed by atoms with Gasteiger partial charge in [-0.1, -0.05) is 42.3 Å². The van der Waals surface area contributed by atoms with E-state index in [1.54, 1.807) is 18.3 Å². The van der Waals surface area contributed by atoms with Crippen LogP contribution in [0, 0.1) is 5.82 Å². The van der Waals surface area contributed by atoms with Crippen molar-refractivity contribution in [1.29, 1.82) is 0 Å². The van der Waals surface area contributed by atoms with Crippen molar-refractivity contribution in [3.8, 4) is 0 Å². The van der Waals surface area contributed by atoms with E-state index in [4.69, 9.17) is 23.2 Å². The van der Waals surface area contributed by atoms with Crippen molar-refractivity contribution in [3.63, 3.8) is 0 Å². The molecule has 1 heterocycles. The van der Waals surface area contributed by atoms with E-state index in [2.05, 4.69) is 17.2 Å². The molecule has 0 aliphatic rings. The van der Waals surface area contributed by atoms with E-state index in [1.807, 2.05) is 12.1 Å². The highest BCUT2D eigenvalue weighted by Gasteiger charge is 2.16. The molecule has 0 aliphatic carbocycles. The average Bonchev–Trinajstić information content (AvgIpc) is 2.49. The summed E-state index contributed by atoms with van der Waals surface area (Å²) in [5.41, 5.74) is 1.63. The second-order valence-corrected chi connectivity index (χ2v) is 5.64. The van der Waals surface area contributed by atoms with Crippen molar-refractivity contribution < 1.29 is 4.39 Å². The van der Waals surface area contributed by atoms with Gasteiger partial charge in [0.05, 0.1) is 21.8 Å². The van der Waals surface area contributed by atoms with Gasteiger partial charge < -0.3 is 5.32 Å². The molecule has 0 spiro atoms. The molecule has 2 rings (SSSR count). The van der Waals surface area contributed by atoms with E-state index in [9.17, 15) is 4.39 Å². The molecule has 1 aromatic carbocycles. The molecule has 1 unspecified atom stereocenters. The number of aromatic nitrogens is 1. The summed E-state index contributed by atoms with van der Waals surface area (Å²) in [6, 6.07) is 8.52. The highest BCUT2D eigenvalue weighted by molar-refractivity contribution is 6.31. The number of rotatable bonds is 6. The van der Waals surface area contributed by atoms with E-state index in [-0.39, 0.29) is 11.1 Å². The third-order valence-electron chi connectivity index (χ3n) is 3.20. The summed E-state index contributed by atoms with van der Waals surface area (Å²) < 4.78 is 13.6. The highest BCUT2D eigenvalue weighted by atomic mass is 35.5. The van der Waals surface area contributed by atoms with Crippen LogP contribution in [0.15, 0.2) is 36.5 Å². The molecular formula is C16H17Cl2FN2. The van der Waals surface area contributed by atoms with Gasteiger partial charge >= 0.3 is 0 Å². The smallest absolute Gasteiger partial charge is 0.142 e. The Labute approximate surface area is 134 Å². The first kappa shape index (κ1) is 16.2. The highest BCUT2D eigenvalue weighted by Crippen LogP contribution is 2.25. The molecule has 5 heteroatoms. The fraction of sp³-hybridized carbons (Fsp3) is 0.312. The van der Waals surface area contributed by atoms with Crippen LogP contribution in [0.5, 0.6) is 0 Å². The van der Waals surface area contributed by atoms with E-state index in [0.29, 0.717) is 11.4 Å². The zero-order chi connectivity index (χ0) is 15.2. The maximum absolute atomic E-state index is 13.6. The zero-order valence-corrected chi connectivity index (χ0v) is 13.3. The summed E-state index contributed by atoms with van der Waals surface area (Å²) in [5.74, 6) is -0.396. The molecule has 2 aromatic rings. The third kappa shape index (κ3) is 4.40. The first-order valence-corrected chi connectivity index (χ1v) is 7.65. The van der Waals surface area contributed by atoms with Gasteiger partial charge in [0.25, 0.3) is 0 Å². The van der Waals surface area contributed by atoms with Crippen LogP contribution in [0.2, 0.25) is 10.0 Å². The predicted octanol–water partition coefficient (Wildman–Crippen LogP) is 4.81. The molecule has 1 atom stereocenters. The molecule has 0 saturated carbocycles. The van der Waals surface area contributed by atoms with Gasteiger partial charge in [-0.3, -0.25) is 4.98 Å². The number of pyridine rings is 1. The molecule has 0 radical (unpaired) electrons. The quantitative estimate of drug-likeness (QED) is 0.823. The lowest BCUT2D eigenvalue weighted by Crippen LogP contribution is -2.25. The second-order valence-electron chi connectivity index (χ2n) is 4.83. The normalized spacial score (nSPS) is 12.4. The van der Waals surface area contributed by atoms with E-state index >= 15 is 0 Å². The molecular weight excluding hydrogens is 310 g/mol. The lowest BCUT2D eigenvalue weighted by Gasteiger charge is -2.19. The summed E-state index contributed by atoms with van der Waals surface area (Å²) in [4.78, 5) is 4.35. The monoisotopic (exact) mass is 326 g/mol. The van der Waals surface area contributed by atoms with Gasteiger partial charge in [-0.15, -0.1) is 0 Å². The van der Waals surface area contributed by atoms with E-state index < -0.39 is 5.82 Å². The third-order valence-corrected chi connectivity index (χ3v) is 3.85. The van der Waals surface area contributed by atoms with Gasteiger partial charge in [-0.2, -0.15) is 0 Å². The molecule has 112 valence electrons. The lowest BCUT2D eigenvalue weighted by atomic mass is 10.0. The minimum absolute atomic E-state index is 0.0264. The summed E-state index contributed by atoms with van der Waals surface area (Å²) >= 11 is 11.9. The fourth-order valence-corrected chi connectivity index (χ4v) is 2.43. The van der Waals surface area contributed by atoms with Crippen molar-refractivity contribution in [3.05, 3.63) is 63.6 Å². The summed E-state index contributed by atoms with van der Waals surface area (Å²) in [6.07, 6.45) is 3.19. The first-order chi connectivity index (χ1) is 10.1. The predicted molar refractivity (Wildman–Crippen MR) is 85.4 cm³/mol. The number of nitrogens with one attached hydrogen (secondary N) is 1. The molecule has 21 heavy (non-hydrogen) atoms. The molecule has 2 nitrogen and oxygen atoms in total. The van der Waals surface area contributed by atoms with Crippen molar-refractivity contribution in [2.75, 3.05) is 6.54 Å². The maximum atomic E-state index is 13.6. The van der Waals surface area contributed by atoms with Crippen LogP contribution in [-0.4, -0.2) is 11.5 Å². The van der Waals surface area contributed by atoms with Crippen LogP contribution < -0.4 is 5.32 Å². The van der Waals surface area contributed by atoms with Crippen LogP contribution in [0.1, 0.15) is 30.6 Å². The van der Waals surface area contributed by atoms with Gasteiger partial charge in [0.1, 0.15) is 5.82 Å². The Morgan fingerprint density at radius 3 is 2.71 bits per heavy atom. The van der Waals surface area contributed by atoms with Gasteiger partial charge in [0.15, 0.2) is 0 Å². The van der Waals surface area contributed by atoms with Gasteiger partial charge in [-0.25, -0.2) is 4.39 Å². The topological polar surface area (TPSA) is 24.9 Å². The lowest BCUT2D eigenvalue weighted by molar-refractivity contribution is 0.516. The van der Waals surface area contributed by atoms with Gasteiger partial charge in [0.2, 0.25) is 0 Å². The van der Waals surface area contributed by atoms with Crippen molar-refractivity contribution in [2.45, 2.75) is 25.8 Å². The molecule has 0 bridgehead atoms. The Hall–Kier alpha value is -1.16. The minimum atomic E-state index is -0.396. The standard InChI is InChI=1S/C16H17Cl2FN2/c1-2-8-20-15(14-7-6-12(17)10-21-14)9-11-4-3-5-13(19)16(11)18/h3-7,10,15,20H,2,8-9H2,1H3. The van der Waals surface area contributed by atoms with Crippen LogP contribution in [0.4, 0.5) is 4.39 Å². The van der Waals surface area contributed by atoms with Crippen LogP contribution in [0.3, 0.4) is 0 Å². The molecule has 0 fully saturated rings. The van der Waals surface area contributed by atoms with Crippen LogP contribution in [0.25, 0.3) is 0 Å². The largest absolute Gasteiger partial charge is 0.308 e. The van der Waals surface area contributed by atoms with E-state index in [1.165, 1.54) is 6.07 Å². The molecule has 0 aliphatic heterocycles. The SMILES string of the molecule is CCCNC(Cc1cccc(F)c1Cl)c1ccc(Cl)cn1. The van der Waals surface area contributed by atoms with Gasteiger partial charge in [-0.05, 0) is 43.1 Å². The van der Waals surface area contributed by atoms with Crippen molar-refractivity contribution in [1.82, 2.24) is 10.3 Å². The molecule has 0 amide bonds. The summed E-state index contributed by atoms with van der Waals surface area (Å²) in [6.45, 7) is 2.94. The Kier molecular flexibility index (Phi) is 5.97. The number of hydrogen-bond donors (Lipinski definition) is 1. The summed E-state index contributed by atoms with van der Waals surface area (Å²) in [5, 5.41) is 4.18. The minimum Gasteiger partial charge on any atom is -0.308 e.